The van der Waals surface area contributed by atoms with Crippen molar-refractivity contribution in [3.8, 4) is 0 Å². The Morgan fingerprint density at radius 3 is 2.23 bits per heavy atom. The fraction of sp³-hybridized carbons (Fsp3) is 0.818. The van der Waals surface area contributed by atoms with E-state index < -0.39 is 0 Å². The van der Waals surface area contributed by atoms with Crippen LogP contribution in [0.1, 0.15) is 154 Å². The van der Waals surface area contributed by atoms with E-state index in [1.165, 1.54) is 154 Å². The molecule has 2 N–H and O–H groups in total. The van der Waals surface area contributed by atoms with Crippen molar-refractivity contribution in [1.29, 1.82) is 0 Å². The predicted molar refractivity (Wildman–Crippen MR) is 197 cm³/mol. The molecule has 0 aromatic rings. The molecule has 2 saturated heterocycles. The van der Waals surface area contributed by atoms with Gasteiger partial charge in [-0.3, -0.25) is 4.90 Å². The van der Waals surface area contributed by atoms with Crippen molar-refractivity contribution in [3.63, 3.8) is 0 Å². The summed E-state index contributed by atoms with van der Waals surface area (Å²) in [6.07, 6.45) is 45.1. The maximum Gasteiger partial charge on any atom is 0.120 e. The van der Waals surface area contributed by atoms with Crippen LogP contribution in [0.15, 0.2) is 47.0 Å². The van der Waals surface area contributed by atoms with Gasteiger partial charge in [0.05, 0.1) is 6.04 Å². The Bertz CT molecular complexity index is 1320. The summed E-state index contributed by atoms with van der Waals surface area (Å²) in [5.41, 5.74) is 6.60. The topological polar surface area (TPSA) is 30.5 Å². The summed E-state index contributed by atoms with van der Waals surface area (Å²) in [6, 6.07) is 3.98. The number of likely N-dealkylation sites (tertiary alicyclic amines) is 2. The van der Waals surface area contributed by atoms with E-state index in [9.17, 15) is 0 Å². The average molecular weight is 651 g/mol. The lowest BCUT2D eigenvalue weighted by molar-refractivity contribution is 0.0557. The van der Waals surface area contributed by atoms with Gasteiger partial charge in [-0.1, -0.05) is 69.2 Å². The Morgan fingerprint density at radius 2 is 1.38 bits per heavy atom. The highest BCUT2D eigenvalue weighted by molar-refractivity contribution is 5.44. The zero-order valence-corrected chi connectivity index (χ0v) is 30.1. The van der Waals surface area contributed by atoms with E-state index in [1.807, 2.05) is 0 Å². The van der Waals surface area contributed by atoms with Gasteiger partial charge in [-0.15, -0.1) is 0 Å². The molecule has 4 heteroatoms. The van der Waals surface area contributed by atoms with Crippen molar-refractivity contribution < 1.29 is 0 Å². The van der Waals surface area contributed by atoms with Crippen LogP contribution < -0.4 is 10.6 Å². The van der Waals surface area contributed by atoms with Crippen molar-refractivity contribution in [1.82, 2.24) is 20.4 Å². The van der Waals surface area contributed by atoms with Gasteiger partial charge in [0.1, 0.15) is 6.17 Å². The summed E-state index contributed by atoms with van der Waals surface area (Å²) in [6.45, 7) is 0. The molecule has 3 heterocycles. The minimum atomic E-state index is 0.403. The molecule has 3 aliphatic heterocycles. The first-order valence-electron chi connectivity index (χ1n) is 21.7. The number of allylic oxidation sites excluding steroid dienone is 7. The van der Waals surface area contributed by atoms with Gasteiger partial charge in [0.15, 0.2) is 0 Å². The van der Waals surface area contributed by atoms with Crippen LogP contribution in [-0.2, 0) is 0 Å². The summed E-state index contributed by atoms with van der Waals surface area (Å²) in [4.78, 5) is 6.24. The van der Waals surface area contributed by atoms with Gasteiger partial charge in [-0.25, -0.2) is 0 Å². The lowest BCUT2D eigenvalue weighted by atomic mass is 9.66. The number of fused-ring (bicyclic) bond motifs is 6. The Hall–Kier alpha value is -1.68. The molecule has 10 rings (SSSR count). The Balaban J connectivity index is 0.919. The first kappa shape index (κ1) is 31.1. The molecule has 0 amide bonds. The van der Waals surface area contributed by atoms with Crippen molar-refractivity contribution in [2.24, 2.45) is 35.5 Å². The highest BCUT2D eigenvalue weighted by Gasteiger charge is 2.55. The minimum absolute atomic E-state index is 0.403. The highest BCUT2D eigenvalue weighted by Crippen LogP contribution is 2.56. The lowest BCUT2D eigenvalue weighted by Gasteiger charge is -2.50. The van der Waals surface area contributed by atoms with E-state index in [4.69, 9.17) is 0 Å². The second kappa shape index (κ2) is 13.1. The quantitative estimate of drug-likeness (QED) is 0.297. The standard InChI is InChI=1S/C44H66N4/c1-3-13-29(14-4-1)43-44(46-38-20-10-9-19-37(38)45-43)48-40-22-12-8-18-34(40)36-28-31(24-26-42(36)48)30-23-25-41-35(27-30)33-17-7-11-21-39(33)47(41)32-15-5-2-6-16-32/h1,3,26,28-35,39-41,43-46H,2,4-25,27H2/t29?,30?,31?,33?,34-,35?,39?,40?,41?,43?,44?/m1/s1. The SMILES string of the molecule is C1=CCC(C2NC3=C(CCCC3)NC2N2C3=CCC(C4CCC5C(C4)C4CCCCC4N5C4CCCCC4)C=C3[C@H]3CCCCC32)CC1. The molecule has 262 valence electrons. The van der Waals surface area contributed by atoms with Crippen LogP contribution in [0, 0.1) is 35.5 Å². The second-order valence-corrected chi connectivity index (χ2v) is 18.5. The Kier molecular flexibility index (Phi) is 8.51. The predicted octanol–water partition coefficient (Wildman–Crippen LogP) is 9.71. The molecular formula is C44H66N4. The van der Waals surface area contributed by atoms with E-state index in [0.29, 0.717) is 18.2 Å². The fourth-order valence-corrected chi connectivity index (χ4v) is 14.1. The van der Waals surface area contributed by atoms with Gasteiger partial charge in [0.2, 0.25) is 0 Å². The Labute approximate surface area is 292 Å². The molecule has 4 saturated carbocycles. The first-order chi connectivity index (χ1) is 23.8. The third-order valence-electron chi connectivity index (χ3n) is 16.2. The van der Waals surface area contributed by atoms with E-state index in [1.54, 1.807) is 22.7 Å². The summed E-state index contributed by atoms with van der Waals surface area (Å²) in [7, 11) is 0. The molecule has 6 fully saturated rings. The van der Waals surface area contributed by atoms with E-state index in [2.05, 4.69) is 44.7 Å². The molecule has 10 aliphatic rings. The van der Waals surface area contributed by atoms with Crippen molar-refractivity contribution in [3.05, 3.63) is 47.0 Å². The summed E-state index contributed by atoms with van der Waals surface area (Å²) >= 11 is 0. The normalized spacial score (nSPS) is 44.8. The maximum atomic E-state index is 4.31. The van der Waals surface area contributed by atoms with Crippen LogP contribution in [0.2, 0.25) is 0 Å². The van der Waals surface area contributed by atoms with Gasteiger partial charge in [0.25, 0.3) is 0 Å². The lowest BCUT2D eigenvalue weighted by Crippen LogP contribution is -2.64. The number of hydrogen-bond acceptors (Lipinski definition) is 4. The van der Waals surface area contributed by atoms with Crippen molar-refractivity contribution in [2.75, 3.05) is 0 Å². The summed E-state index contributed by atoms with van der Waals surface area (Å²) in [5.74, 6) is 5.18. The Morgan fingerprint density at radius 1 is 0.604 bits per heavy atom. The molecule has 0 aromatic carbocycles. The molecule has 0 aromatic heterocycles. The maximum absolute atomic E-state index is 4.31. The van der Waals surface area contributed by atoms with E-state index >= 15 is 0 Å². The third kappa shape index (κ3) is 5.30. The number of hydrogen-bond donors (Lipinski definition) is 2. The molecule has 48 heavy (non-hydrogen) atoms. The molecule has 0 spiro atoms. The number of rotatable bonds is 4. The summed E-state index contributed by atoms with van der Waals surface area (Å²) in [5, 5.41) is 8.58. The van der Waals surface area contributed by atoms with E-state index in [0.717, 1.165) is 53.6 Å². The minimum Gasteiger partial charge on any atom is -0.380 e. The highest BCUT2D eigenvalue weighted by atomic mass is 15.4. The zero-order valence-electron chi connectivity index (χ0n) is 30.1. The fourth-order valence-electron chi connectivity index (χ4n) is 14.1. The monoisotopic (exact) mass is 651 g/mol. The molecule has 0 radical (unpaired) electrons. The van der Waals surface area contributed by atoms with Gasteiger partial charge >= 0.3 is 0 Å². The van der Waals surface area contributed by atoms with E-state index in [-0.39, 0.29) is 0 Å². The van der Waals surface area contributed by atoms with Crippen LogP contribution in [0.25, 0.3) is 0 Å². The second-order valence-electron chi connectivity index (χ2n) is 18.5. The molecule has 7 aliphatic carbocycles. The number of nitrogens with one attached hydrogen (secondary N) is 2. The molecule has 0 bridgehead atoms. The molecular weight excluding hydrogens is 585 g/mol. The smallest absolute Gasteiger partial charge is 0.120 e. The van der Waals surface area contributed by atoms with Gasteiger partial charge in [0, 0.05) is 47.2 Å². The van der Waals surface area contributed by atoms with Gasteiger partial charge in [-0.05, 0) is 144 Å². The largest absolute Gasteiger partial charge is 0.380 e. The third-order valence-corrected chi connectivity index (χ3v) is 16.2. The molecule has 11 atom stereocenters. The average Bonchev–Trinajstić information content (AvgIpc) is 3.67. The van der Waals surface area contributed by atoms with Gasteiger partial charge < -0.3 is 15.5 Å². The van der Waals surface area contributed by atoms with Crippen molar-refractivity contribution >= 4 is 0 Å². The van der Waals surface area contributed by atoms with Gasteiger partial charge in [-0.2, -0.15) is 0 Å². The van der Waals surface area contributed by atoms with Crippen LogP contribution in [0.4, 0.5) is 0 Å². The first-order valence-corrected chi connectivity index (χ1v) is 21.7. The summed E-state index contributed by atoms with van der Waals surface area (Å²) < 4.78 is 0. The molecule has 10 unspecified atom stereocenters. The van der Waals surface area contributed by atoms with Crippen LogP contribution in [0.3, 0.4) is 0 Å². The molecule has 4 nitrogen and oxygen atoms in total. The zero-order chi connectivity index (χ0) is 31.6. The van der Waals surface area contributed by atoms with Crippen LogP contribution in [-0.4, -0.2) is 46.2 Å². The van der Waals surface area contributed by atoms with Crippen LogP contribution >= 0.6 is 0 Å². The van der Waals surface area contributed by atoms with Crippen molar-refractivity contribution in [2.45, 2.75) is 190 Å². The number of nitrogens with zero attached hydrogens (tertiary/aromatic N) is 2. The van der Waals surface area contributed by atoms with Crippen LogP contribution in [0.5, 0.6) is 0 Å².